The molecule has 0 aliphatic carbocycles. The highest BCUT2D eigenvalue weighted by Gasteiger charge is 2.34. The van der Waals surface area contributed by atoms with Crippen LogP contribution in [0.25, 0.3) is 0 Å². The lowest BCUT2D eigenvalue weighted by Crippen LogP contribution is -2.41. The van der Waals surface area contributed by atoms with Crippen LogP contribution in [0.3, 0.4) is 0 Å². The minimum Gasteiger partial charge on any atom is -0.472 e. The summed E-state index contributed by atoms with van der Waals surface area (Å²) < 4.78 is 19.2. The molecule has 1 fully saturated rings. The molecule has 2 unspecified atom stereocenters. The molecule has 2 aliphatic heterocycles. The van der Waals surface area contributed by atoms with Crippen LogP contribution in [-0.4, -0.2) is 31.1 Å². The van der Waals surface area contributed by atoms with Crippen LogP contribution in [0.1, 0.15) is 12.0 Å². The Balaban J connectivity index is 1.89. The number of fused-ring (bicyclic) bond motifs is 1. The molecule has 2 atom stereocenters. The van der Waals surface area contributed by atoms with Crippen LogP contribution in [-0.2, 0) is 4.74 Å². The second kappa shape index (κ2) is 3.87. The van der Waals surface area contributed by atoms with Crippen molar-refractivity contribution >= 4 is 5.90 Å². The molecule has 2 aliphatic rings. The summed E-state index contributed by atoms with van der Waals surface area (Å²) in [5.41, 5.74) is 0.469. The lowest BCUT2D eigenvalue weighted by Gasteiger charge is -2.23. The smallest absolute Gasteiger partial charge is 0.219 e. The van der Waals surface area contributed by atoms with E-state index < -0.39 is 0 Å². The summed E-state index contributed by atoms with van der Waals surface area (Å²) in [5, 5.41) is 3.26. The SMILES string of the molecule is Fc1ccccc1C1=NC2CNCCC2O1. The molecule has 16 heavy (non-hydrogen) atoms. The van der Waals surface area contributed by atoms with E-state index in [1.165, 1.54) is 6.07 Å². The first kappa shape index (κ1) is 9.78. The van der Waals surface area contributed by atoms with Gasteiger partial charge >= 0.3 is 0 Å². The number of nitrogens with zero attached hydrogens (tertiary/aromatic N) is 1. The van der Waals surface area contributed by atoms with Crippen LogP contribution in [0.4, 0.5) is 4.39 Å². The van der Waals surface area contributed by atoms with Gasteiger partial charge in [-0.05, 0) is 25.1 Å². The van der Waals surface area contributed by atoms with E-state index in [-0.39, 0.29) is 18.0 Å². The molecule has 2 heterocycles. The monoisotopic (exact) mass is 220 g/mol. The van der Waals surface area contributed by atoms with Gasteiger partial charge in [0.05, 0.1) is 5.56 Å². The summed E-state index contributed by atoms with van der Waals surface area (Å²) in [7, 11) is 0. The maximum atomic E-state index is 13.5. The molecule has 0 spiro atoms. The van der Waals surface area contributed by atoms with E-state index in [1.54, 1.807) is 18.2 Å². The second-order valence-electron chi connectivity index (χ2n) is 4.13. The Hall–Kier alpha value is -1.42. The lowest BCUT2D eigenvalue weighted by molar-refractivity contribution is 0.161. The zero-order chi connectivity index (χ0) is 11.0. The molecule has 3 nitrogen and oxygen atoms in total. The number of ether oxygens (including phenoxy) is 1. The molecular weight excluding hydrogens is 207 g/mol. The Kier molecular flexibility index (Phi) is 2.36. The molecule has 0 saturated carbocycles. The molecule has 0 amide bonds. The van der Waals surface area contributed by atoms with Gasteiger partial charge < -0.3 is 10.1 Å². The first-order valence-corrected chi connectivity index (χ1v) is 5.54. The van der Waals surface area contributed by atoms with E-state index >= 15 is 0 Å². The van der Waals surface area contributed by atoms with Gasteiger partial charge in [-0.2, -0.15) is 0 Å². The third-order valence-corrected chi connectivity index (χ3v) is 3.04. The minimum absolute atomic E-state index is 0.121. The number of benzene rings is 1. The number of halogens is 1. The van der Waals surface area contributed by atoms with Gasteiger partial charge in [-0.1, -0.05) is 12.1 Å². The van der Waals surface area contributed by atoms with E-state index in [2.05, 4.69) is 10.3 Å². The molecule has 1 N–H and O–H groups in total. The van der Waals surface area contributed by atoms with Gasteiger partial charge in [-0.15, -0.1) is 0 Å². The summed E-state index contributed by atoms with van der Waals surface area (Å²) in [6, 6.07) is 6.75. The number of hydrogen-bond donors (Lipinski definition) is 1. The van der Waals surface area contributed by atoms with Crippen molar-refractivity contribution in [1.29, 1.82) is 0 Å². The van der Waals surface area contributed by atoms with Crippen LogP contribution in [0.5, 0.6) is 0 Å². The first-order chi connectivity index (χ1) is 7.84. The van der Waals surface area contributed by atoms with Crippen molar-refractivity contribution in [3.05, 3.63) is 35.6 Å². The van der Waals surface area contributed by atoms with Gasteiger partial charge in [0, 0.05) is 6.54 Å². The summed E-state index contributed by atoms with van der Waals surface area (Å²) in [4.78, 5) is 4.43. The fourth-order valence-electron chi connectivity index (χ4n) is 2.18. The third kappa shape index (κ3) is 1.59. The first-order valence-electron chi connectivity index (χ1n) is 5.54. The summed E-state index contributed by atoms with van der Waals surface area (Å²) >= 11 is 0. The Morgan fingerprint density at radius 3 is 3.06 bits per heavy atom. The van der Waals surface area contributed by atoms with E-state index in [0.717, 1.165) is 19.5 Å². The fourth-order valence-corrected chi connectivity index (χ4v) is 2.18. The Morgan fingerprint density at radius 2 is 2.25 bits per heavy atom. The highest BCUT2D eigenvalue weighted by Crippen LogP contribution is 2.23. The predicted octanol–water partition coefficient (Wildman–Crippen LogP) is 1.33. The van der Waals surface area contributed by atoms with E-state index in [4.69, 9.17) is 4.74 Å². The summed E-state index contributed by atoms with van der Waals surface area (Å²) in [6.45, 7) is 1.77. The highest BCUT2D eigenvalue weighted by atomic mass is 19.1. The Morgan fingerprint density at radius 1 is 1.38 bits per heavy atom. The average molecular weight is 220 g/mol. The van der Waals surface area contributed by atoms with Gasteiger partial charge in [0.1, 0.15) is 18.0 Å². The number of piperidine rings is 1. The number of nitrogens with one attached hydrogen (secondary N) is 1. The highest BCUT2D eigenvalue weighted by molar-refractivity contribution is 5.95. The van der Waals surface area contributed by atoms with E-state index in [9.17, 15) is 4.39 Å². The molecule has 1 aromatic carbocycles. The van der Waals surface area contributed by atoms with Gasteiger partial charge in [-0.25, -0.2) is 9.38 Å². The van der Waals surface area contributed by atoms with Crippen molar-refractivity contribution < 1.29 is 9.13 Å². The summed E-state index contributed by atoms with van der Waals surface area (Å²) in [6.07, 6.45) is 1.06. The lowest BCUT2D eigenvalue weighted by atomic mass is 10.1. The van der Waals surface area contributed by atoms with Gasteiger partial charge in [0.2, 0.25) is 5.90 Å². The van der Waals surface area contributed by atoms with Gasteiger partial charge in [-0.3, -0.25) is 0 Å². The van der Waals surface area contributed by atoms with Crippen LogP contribution in [0, 0.1) is 5.82 Å². The molecule has 1 saturated heterocycles. The normalized spacial score (nSPS) is 28.2. The zero-order valence-corrected chi connectivity index (χ0v) is 8.82. The van der Waals surface area contributed by atoms with Crippen LogP contribution >= 0.6 is 0 Å². The van der Waals surface area contributed by atoms with Crippen molar-refractivity contribution in [3.63, 3.8) is 0 Å². The molecule has 0 radical (unpaired) electrons. The largest absolute Gasteiger partial charge is 0.472 e. The zero-order valence-electron chi connectivity index (χ0n) is 8.82. The van der Waals surface area contributed by atoms with Gasteiger partial charge in [0.25, 0.3) is 0 Å². The van der Waals surface area contributed by atoms with Crippen LogP contribution < -0.4 is 5.32 Å². The molecule has 0 aromatic heterocycles. The van der Waals surface area contributed by atoms with Crippen molar-refractivity contribution in [2.75, 3.05) is 13.1 Å². The van der Waals surface area contributed by atoms with Gasteiger partial charge in [0.15, 0.2) is 0 Å². The molecular formula is C12H13FN2O. The topological polar surface area (TPSA) is 33.6 Å². The predicted molar refractivity (Wildman–Crippen MR) is 59.1 cm³/mol. The van der Waals surface area contributed by atoms with Crippen LogP contribution in [0.2, 0.25) is 0 Å². The maximum absolute atomic E-state index is 13.5. The maximum Gasteiger partial charge on any atom is 0.219 e. The molecule has 3 rings (SSSR count). The van der Waals surface area contributed by atoms with E-state index in [0.29, 0.717) is 11.5 Å². The van der Waals surface area contributed by atoms with Crippen LogP contribution in [0.15, 0.2) is 29.3 Å². The molecule has 1 aromatic rings. The number of hydrogen-bond acceptors (Lipinski definition) is 3. The summed E-state index contributed by atoms with van der Waals surface area (Å²) in [5.74, 6) is 0.185. The molecule has 84 valence electrons. The number of aliphatic imine (C=N–C) groups is 1. The second-order valence-corrected chi connectivity index (χ2v) is 4.13. The minimum atomic E-state index is -0.271. The van der Waals surface area contributed by atoms with Crippen molar-refractivity contribution in [1.82, 2.24) is 5.32 Å². The third-order valence-electron chi connectivity index (χ3n) is 3.04. The average Bonchev–Trinajstić information content (AvgIpc) is 2.73. The quantitative estimate of drug-likeness (QED) is 0.774. The van der Waals surface area contributed by atoms with Crippen molar-refractivity contribution in [2.24, 2.45) is 4.99 Å². The molecule has 0 bridgehead atoms. The molecule has 4 heteroatoms. The fraction of sp³-hybridized carbons (Fsp3) is 0.417. The Labute approximate surface area is 93.3 Å². The standard InChI is InChI=1S/C12H13FN2O/c13-9-4-2-1-3-8(9)12-15-10-7-14-6-5-11(10)16-12/h1-4,10-11,14H,5-7H2. The van der Waals surface area contributed by atoms with E-state index in [1.807, 2.05) is 0 Å². The Bertz CT molecular complexity index is 433. The van der Waals surface area contributed by atoms with Crippen molar-refractivity contribution in [3.8, 4) is 0 Å². The number of rotatable bonds is 1. The van der Waals surface area contributed by atoms with Crippen molar-refractivity contribution in [2.45, 2.75) is 18.6 Å².